The quantitative estimate of drug-likeness (QED) is 0.599. The first-order valence-electron chi connectivity index (χ1n) is 5.81. The van der Waals surface area contributed by atoms with Crippen LogP contribution in [0.3, 0.4) is 0 Å². The predicted molar refractivity (Wildman–Crippen MR) is 76.2 cm³/mol. The van der Waals surface area contributed by atoms with Gasteiger partial charge in [-0.3, -0.25) is 4.72 Å². The van der Waals surface area contributed by atoms with Gasteiger partial charge in [0.15, 0.2) is 0 Å². The summed E-state index contributed by atoms with van der Waals surface area (Å²) in [6, 6.07) is 10.8. The number of anilines is 1. The van der Waals surface area contributed by atoms with E-state index in [0.717, 1.165) is 0 Å². The summed E-state index contributed by atoms with van der Waals surface area (Å²) in [5.41, 5.74) is 0.196. The Balaban J connectivity index is 2.22. The fraction of sp³-hybridized carbons (Fsp3) is 0. The summed E-state index contributed by atoms with van der Waals surface area (Å²) in [5.74, 6) is 0.0530. The Hall–Kier alpha value is -2.23. The zero-order valence-corrected chi connectivity index (χ0v) is 11.5. The SMILES string of the molecule is O=S(=O)(Nc1cccc(OB(O)O)c1)c1ccc(O)cc1. The molecule has 0 bridgehead atoms. The molecule has 0 aromatic heterocycles. The first-order chi connectivity index (χ1) is 9.87. The van der Waals surface area contributed by atoms with Crippen molar-refractivity contribution in [2.24, 2.45) is 0 Å². The number of phenols is 1. The molecule has 0 aliphatic heterocycles. The number of phenolic OH excluding ortho intramolecular Hbond substituents is 1. The maximum Gasteiger partial charge on any atom is 0.707 e. The number of hydrogen-bond donors (Lipinski definition) is 4. The Bertz CT molecular complexity index is 717. The average molecular weight is 309 g/mol. The standard InChI is InChI=1S/C12H12BNO6S/c15-10-4-6-12(7-5-10)21(18,19)14-9-2-1-3-11(8-9)20-13(16)17/h1-8,14-17H. The van der Waals surface area contributed by atoms with E-state index < -0.39 is 17.3 Å². The largest absolute Gasteiger partial charge is 0.707 e. The molecule has 0 saturated heterocycles. The minimum atomic E-state index is -3.82. The van der Waals surface area contributed by atoms with Crippen molar-refractivity contribution in [1.82, 2.24) is 0 Å². The van der Waals surface area contributed by atoms with Gasteiger partial charge in [-0.2, -0.15) is 0 Å². The third kappa shape index (κ3) is 4.12. The monoisotopic (exact) mass is 309 g/mol. The molecule has 9 heteroatoms. The van der Waals surface area contributed by atoms with Crippen LogP contribution in [0.25, 0.3) is 0 Å². The van der Waals surface area contributed by atoms with Crippen LogP contribution >= 0.6 is 0 Å². The van der Waals surface area contributed by atoms with Gasteiger partial charge in [0.25, 0.3) is 10.0 Å². The van der Waals surface area contributed by atoms with Crippen LogP contribution in [0, 0.1) is 0 Å². The van der Waals surface area contributed by atoms with Crippen LogP contribution in [-0.2, 0) is 10.0 Å². The molecule has 0 heterocycles. The van der Waals surface area contributed by atoms with Crippen LogP contribution in [-0.4, -0.2) is 30.9 Å². The zero-order chi connectivity index (χ0) is 15.5. The van der Waals surface area contributed by atoms with E-state index in [1.807, 2.05) is 0 Å². The number of rotatable bonds is 5. The highest BCUT2D eigenvalue weighted by Crippen LogP contribution is 2.22. The van der Waals surface area contributed by atoms with E-state index in [4.69, 9.17) is 15.2 Å². The average Bonchev–Trinajstić information content (AvgIpc) is 2.38. The van der Waals surface area contributed by atoms with Crippen molar-refractivity contribution < 1.29 is 28.2 Å². The topological polar surface area (TPSA) is 116 Å². The Kier molecular flexibility index (Phi) is 4.36. The van der Waals surface area contributed by atoms with E-state index in [-0.39, 0.29) is 22.1 Å². The van der Waals surface area contributed by atoms with Gasteiger partial charge in [-0.15, -0.1) is 0 Å². The van der Waals surface area contributed by atoms with Gasteiger partial charge in [0.2, 0.25) is 0 Å². The molecule has 7 nitrogen and oxygen atoms in total. The van der Waals surface area contributed by atoms with E-state index in [0.29, 0.717) is 0 Å². The van der Waals surface area contributed by atoms with E-state index in [1.165, 1.54) is 48.5 Å². The number of benzene rings is 2. The third-order valence-corrected chi connectivity index (χ3v) is 3.87. The minimum Gasteiger partial charge on any atom is -0.512 e. The van der Waals surface area contributed by atoms with Crippen LogP contribution in [0.5, 0.6) is 11.5 Å². The molecule has 0 atom stereocenters. The first kappa shape index (κ1) is 15.2. The summed E-state index contributed by atoms with van der Waals surface area (Å²) in [6.45, 7) is 0. The maximum absolute atomic E-state index is 12.1. The molecule has 2 rings (SSSR count). The Morgan fingerprint density at radius 1 is 1.05 bits per heavy atom. The summed E-state index contributed by atoms with van der Waals surface area (Å²) < 4.78 is 31.2. The van der Waals surface area contributed by atoms with Crippen LogP contribution < -0.4 is 9.38 Å². The summed E-state index contributed by atoms with van der Waals surface area (Å²) >= 11 is 0. The summed E-state index contributed by atoms with van der Waals surface area (Å²) in [6.07, 6.45) is 0. The molecule has 110 valence electrons. The van der Waals surface area contributed by atoms with Gasteiger partial charge in [-0.05, 0) is 36.4 Å². The highest BCUT2D eigenvalue weighted by atomic mass is 32.2. The first-order valence-corrected chi connectivity index (χ1v) is 7.30. The third-order valence-electron chi connectivity index (χ3n) is 2.47. The predicted octanol–water partition coefficient (Wildman–Crippen LogP) is 0.541. The molecule has 0 aliphatic carbocycles. The lowest BCUT2D eigenvalue weighted by molar-refractivity contribution is 0.288. The van der Waals surface area contributed by atoms with Crippen molar-refractivity contribution in [2.45, 2.75) is 4.90 Å². The van der Waals surface area contributed by atoms with Crippen molar-refractivity contribution in [2.75, 3.05) is 4.72 Å². The van der Waals surface area contributed by atoms with Crippen molar-refractivity contribution in [3.63, 3.8) is 0 Å². The summed E-state index contributed by atoms with van der Waals surface area (Å²) in [4.78, 5) is -0.0196. The lowest BCUT2D eigenvalue weighted by atomic mass is 10.2. The molecule has 0 fully saturated rings. The maximum atomic E-state index is 12.1. The minimum absolute atomic E-state index is 0.0196. The summed E-state index contributed by atoms with van der Waals surface area (Å²) in [5, 5.41) is 26.6. The second-order valence-corrected chi connectivity index (χ2v) is 5.75. The van der Waals surface area contributed by atoms with Gasteiger partial charge in [0, 0.05) is 6.07 Å². The van der Waals surface area contributed by atoms with Gasteiger partial charge in [-0.1, -0.05) is 6.07 Å². The fourth-order valence-corrected chi connectivity index (χ4v) is 2.64. The van der Waals surface area contributed by atoms with E-state index in [1.54, 1.807) is 0 Å². The number of hydrogen-bond acceptors (Lipinski definition) is 6. The molecule has 0 spiro atoms. The lowest BCUT2D eigenvalue weighted by Gasteiger charge is -2.10. The molecular formula is C12H12BNO6S. The second-order valence-electron chi connectivity index (χ2n) is 4.07. The van der Waals surface area contributed by atoms with Crippen molar-refractivity contribution in [3.8, 4) is 11.5 Å². The van der Waals surface area contributed by atoms with Crippen LogP contribution in [0.1, 0.15) is 0 Å². The molecule has 4 N–H and O–H groups in total. The Labute approximate surface area is 121 Å². The summed E-state index contributed by atoms with van der Waals surface area (Å²) in [7, 11) is -5.81. The second kappa shape index (κ2) is 6.04. The highest BCUT2D eigenvalue weighted by Gasteiger charge is 2.15. The molecular weight excluding hydrogens is 297 g/mol. The molecule has 2 aromatic rings. The normalized spacial score (nSPS) is 11.0. The lowest BCUT2D eigenvalue weighted by Crippen LogP contribution is -2.20. The van der Waals surface area contributed by atoms with Gasteiger partial charge in [-0.25, -0.2) is 8.42 Å². The number of aromatic hydroxyl groups is 1. The Morgan fingerprint density at radius 2 is 1.71 bits per heavy atom. The molecule has 0 saturated carbocycles. The zero-order valence-electron chi connectivity index (χ0n) is 10.7. The van der Waals surface area contributed by atoms with Crippen molar-refractivity contribution in [1.29, 1.82) is 0 Å². The molecule has 0 aliphatic rings. The van der Waals surface area contributed by atoms with E-state index >= 15 is 0 Å². The van der Waals surface area contributed by atoms with E-state index in [9.17, 15) is 8.42 Å². The van der Waals surface area contributed by atoms with Gasteiger partial charge in [0.05, 0.1) is 10.6 Å². The molecule has 0 radical (unpaired) electrons. The molecule has 21 heavy (non-hydrogen) atoms. The van der Waals surface area contributed by atoms with Crippen molar-refractivity contribution >= 4 is 23.0 Å². The van der Waals surface area contributed by atoms with E-state index in [2.05, 4.69) is 9.38 Å². The fourth-order valence-electron chi connectivity index (χ4n) is 1.59. The number of nitrogens with one attached hydrogen (secondary N) is 1. The van der Waals surface area contributed by atoms with Gasteiger partial charge in [0.1, 0.15) is 11.5 Å². The Morgan fingerprint density at radius 3 is 2.33 bits per heavy atom. The smallest absolute Gasteiger partial charge is 0.512 e. The highest BCUT2D eigenvalue weighted by molar-refractivity contribution is 7.92. The van der Waals surface area contributed by atoms with Crippen molar-refractivity contribution in [3.05, 3.63) is 48.5 Å². The van der Waals surface area contributed by atoms with Gasteiger partial charge >= 0.3 is 7.32 Å². The molecule has 2 aromatic carbocycles. The van der Waals surface area contributed by atoms with Gasteiger partial charge < -0.3 is 19.8 Å². The van der Waals surface area contributed by atoms with Crippen LogP contribution in [0.4, 0.5) is 5.69 Å². The molecule has 0 amide bonds. The van der Waals surface area contributed by atoms with Crippen LogP contribution in [0.2, 0.25) is 0 Å². The number of sulfonamides is 1. The molecule has 0 unspecified atom stereocenters. The van der Waals surface area contributed by atoms with Crippen LogP contribution in [0.15, 0.2) is 53.4 Å².